The van der Waals surface area contributed by atoms with Gasteiger partial charge in [0, 0.05) is 19.6 Å². The summed E-state index contributed by atoms with van der Waals surface area (Å²) in [6.45, 7) is 1.79. The van der Waals surface area contributed by atoms with Crippen LogP contribution >= 0.6 is 0 Å². The van der Waals surface area contributed by atoms with E-state index in [0.29, 0.717) is 32.5 Å². The molecule has 0 saturated carbocycles. The van der Waals surface area contributed by atoms with Gasteiger partial charge in [0.15, 0.2) is 0 Å². The summed E-state index contributed by atoms with van der Waals surface area (Å²) in [6, 6.07) is 0. The van der Waals surface area contributed by atoms with Crippen LogP contribution in [0.2, 0.25) is 0 Å². The van der Waals surface area contributed by atoms with Crippen molar-refractivity contribution in [2.45, 2.75) is 69.6 Å². The summed E-state index contributed by atoms with van der Waals surface area (Å²) in [7, 11) is 0. The smallest absolute Gasteiger partial charge is 0.379 e. The molecule has 2 nitrogen and oxygen atoms in total. The number of unbranched alkanes of at least 4 members (excludes halogenated alkanes) is 3. The van der Waals surface area contributed by atoms with Crippen LogP contribution in [0.4, 0.5) is 22.0 Å². The van der Waals surface area contributed by atoms with Gasteiger partial charge in [-0.3, -0.25) is 0 Å². The van der Waals surface area contributed by atoms with Crippen molar-refractivity contribution in [2.24, 2.45) is 0 Å². The molecule has 0 spiro atoms. The van der Waals surface area contributed by atoms with Crippen LogP contribution in [0.5, 0.6) is 0 Å². The van der Waals surface area contributed by atoms with Gasteiger partial charge in [-0.05, 0) is 32.1 Å². The molecular formula is C14H23F5O2. The Kier molecular flexibility index (Phi) is 7.87. The van der Waals surface area contributed by atoms with Crippen molar-refractivity contribution < 1.29 is 31.4 Å². The number of halogens is 5. The highest BCUT2D eigenvalue weighted by molar-refractivity contribution is 4.75. The average molecular weight is 318 g/mol. The molecular weight excluding hydrogens is 295 g/mol. The van der Waals surface area contributed by atoms with Gasteiger partial charge in [-0.15, -0.1) is 0 Å². The van der Waals surface area contributed by atoms with Crippen LogP contribution in [0.3, 0.4) is 0 Å². The number of ether oxygens (including phenoxy) is 2. The van der Waals surface area contributed by atoms with E-state index in [2.05, 4.69) is 0 Å². The zero-order valence-corrected chi connectivity index (χ0v) is 12.1. The zero-order chi connectivity index (χ0) is 15.8. The van der Waals surface area contributed by atoms with Crippen molar-refractivity contribution >= 4 is 0 Å². The molecule has 0 amide bonds. The summed E-state index contributed by atoms with van der Waals surface area (Å²) in [5.74, 6) is -4.57. The quantitative estimate of drug-likeness (QED) is 0.452. The lowest BCUT2D eigenvalue weighted by molar-refractivity contribution is -0.284. The summed E-state index contributed by atoms with van der Waals surface area (Å²) in [6.07, 6.45) is -1.71. The Bertz CT molecular complexity index is 275. The van der Waals surface area contributed by atoms with E-state index in [1.54, 1.807) is 0 Å². The highest BCUT2D eigenvalue weighted by Gasteiger charge is 2.56. The van der Waals surface area contributed by atoms with Gasteiger partial charge in [-0.1, -0.05) is 12.8 Å². The first-order valence-corrected chi connectivity index (χ1v) is 7.47. The Balaban J connectivity index is 1.93. The Morgan fingerprint density at radius 3 is 2.29 bits per heavy atom. The zero-order valence-electron chi connectivity index (χ0n) is 12.1. The van der Waals surface area contributed by atoms with Crippen molar-refractivity contribution in [3.05, 3.63) is 0 Å². The molecule has 21 heavy (non-hydrogen) atoms. The SMILES string of the molecule is FC(F)(F)C(F)(F)CCCCCCOCC1CCCCO1. The fraction of sp³-hybridized carbons (Fsp3) is 1.00. The molecule has 1 saturated heterocycles. The standard InChI is InChI=1S/C14H23F5O2/c15-13(16,14(17,18)19)8-4-1-2-5-9-20-11-12-7-3-6-10-21-12/h12H,1-11H2. The molecule has 0 aromatic heterocycles. The predicted octanol–water partition coefficient (Wildman–Crippen LogP) is 4.72. The Morgan fingerprint density at radius 2 is 1.67 bits per heavy atom. The minimum Gasteiger partial charge on any atom is -0.379 e. The minimum absolute atomic E-state index is 0.127. The molecule has 126 valence electrons. The first-order valence-electron chi connectivity index (χ1n) is 7.47. The van der Waals surface area contributed by atoms with Gasteiger partial charge in [-0.2, -0.15) is 22.0 Å². The molecule has 1 heterocycles. The number of alkyl halides is 5. The molecule has 1 unspecified atom stereocenters. The Hall–Kier alpha value is -0.430. The Labute approximate surface area is 122 Å². The van der Waals surface area contributed by atoms with Gasteiger partial charge in [-0.25, -0.2) is 0 Å². The molecule has 1 aliphatic rings. The van der Waals surface area contributed by atoms with Crippen LogP contribution in [-0.4, -0.2) is 38.0 Å². The molecule has 0 aromatic rings. The van der Waals surface area contributed by atoms with Gasteiger partial charge in [0.05, 0.1) is 12.7 Å². The van der Waals surface area contributed by atoms with Crippen LogP contribution in [0.1, 0.15) is 51.4 Å². The van der Waals surface area contributed by atoms with Crippen LogP contribution in [0, 0.1) is 0 Å². The highest BCUT2D eigenvalue weighted by Crippen LogP contribution is 2.39. The first-order chi connectivity index (χ1) is 9.83. The lowest BCUT2D eigenvalue weighted by Crippen LogP contribution is -2.36. The van der Waals surface area contributed by atoms with Gasteiger partial charge in [0.2, 0.25) is 0 Å². The maximum atomic E-state index is 12.6. The predicted molar refractivity (Wildman–Crippen MR) is 68.5 cm³/mol. The third-order valence-corrected chi connectivity index (χ3v) is 3.52. The van der Waals surface area contributed by atoms with E-state index in [4.69, 9.17) is 9.47 Å². The van der Waals surface area contributed by atoms with Crippen LogP contribution in [0.15, 0.2) is 0 Å². The van der Waals surface area contributed by atoms with Crippen molar-refractivity contribution in [3.8, 4) is 0 Å². The van der Waals surface area contributed by atoms with E-state index < -0.39 is 18.5 Å². The van der Waals surface area contributed by atoms with Crippen molar-refractivity contribution in [2.75, 3.05) is 19.8 Å². The molecule has 1 atom stereocenters. The van der Waals surface area contributed by atoms with Crippen LogP contribution < -0.4 is 0 Å². The number of hydrogen-bond acceptors (Lipinski definition) is 2. The second kappa shape index (κ2) is 8.88. The topological polar surface area (TPSA) is 18.5 Å². The second-order valence-corrected chi connectivity index (χ2v) is 5.43. The van der Waals surface area contributed by atoms with Gasteiger partial charge >= 0.3 is 12.1 Å². The van der Waals surface area contributed by atoms with Crippen molar-refractivity contribution in [1.82, 2.24) is 0 Å². The normalized spacial score (nSPS) is 20.7. The van der Waals surface area contributed by atoms with Crippen LogP contribution in [0.25, 0.3) is 0 Å². The van der Waals surface area contributed by atoms with E-state index in [9.17, 15) is 22.0 Å². The first kappa shape index (κ1) is 18.6. The second-order valence-electron chi connectivity index (χ2n) is 5.43. The van der Waals surface area contributed by atoms with E-state index in [1.165, 1.54) is 0 Å². The summed E-state index contributed by atoms with van der Waals surface area (Å²) in [5.41, 5.74) is 0. The molecule has 0 bridgehead atoms. The third-order valence-electron chi connectivity index (χ3n) is 3.52. The summed E-state index contributed by atoms with van der Waals surface area (Å²) >= 11 is 0. The van der Waals surface area contributed by atoms with Gasteiger partial charge in [0.1, 0.15) is 0 Å². The lowest BCUT2D eigenvalue weighted by atomic mass is 10.1. The fourth-order valence-corrected chi connectivity index (χ4v) is 2.20. The molecule has 0 N–H and O–H groups in total. The van der Waals surface area contributed by atoms with E-state index in [-0.39, 0.29) is 12.5 Å². The molecule has 0 aliphatic carbocycles. The minimum atomic E-state index is -5.43. The van der Waals surface area contributed by atoms with E-state index in [1.807, 2.05) is 0 Å². The van der Waals surface area contributed by atoms with Crippen LogP contribution in [-0.2, 0) is 9.47 Å². The molecule has 7 heteroatoms. The lowest BCUT2D eigenvalue weighted by Gasteiger charge is -2.22. The largest absolute Gasteiger partial charge is 0.453 e. The molecule has 1 fully saturated rings. The maximum Gasteiger partial charge on any atom is 0.453 e. The maximum absolute atomic E-state index is 12.6. The molecule has 0 radical (unpaired) electrons. The summed E-state index contributed by atoms with van der Waals surface area (Å²) < 4.78 is 71.8. The average Bonchev–Trinajstić information content (AvgIpc) is 2.41. The molecule has 1 rings (SSSR count). The molecule has 0 aromatic carbocycles. The van der Waals surface area contributed by atoms with Gasteiger partial charge < -0.3 is 9.47 Å². The third kappa shape index (κ3) is 7.40. The fourth-order valence-electron chi connectivity index (χ4n) is 2.20. The summed E-state index contributed by atoms with van der Waals surface area (Å²) in [5, 5.41) is 0. The van der Waals surface area contributed by atoms with Gasteiger partial charge in [0.25, 0.3) is 0 Å². The van der Waals surface area contributed by atoms with E-state index >= 15 is 0 Å². The Morgan fingerprint density at radius 1 is 0.952 bits per heavy atom. The number of hydrogen-bond donors (Lipinski definition) is 0. The van der Waals surface area contributed by atoms with Crippen molar-refractivity contribution in [1.29, 1.82) is 0 Å². The van der Waals surface area contributed by atoms with E-state index in [0.717, 1.165) is 25.9 Å². The molecule has 1 aliphatic heterocycles. The number of rotatable bonds is 9. The monoisotopic (exact) mass is 318 g/mol. The van der Waals surface area contributed by atoms with Crippen molar-refractivity contribution in [3.63, 3.8) is 0 Å². The summed E-state index contributed by atoms with van der Waals surface area (Å²) in [4.78, 5) is 0. The highest BCUT2D eigenvalue weighted by atomic mass is 19.4.